The van der Waals surface area contributed by atoms with E-state index in [9.17, 15) is 0 Å². The zero-order valence-electron chi connectivity index (χ0n) is 11.8. The van der Waals surface area contributed by atoms with Crippen molar-refractivity contribution in [1.82, 2.24) is 0 Å². The van der Waals surface area contributed by atoms with Gasteiger partial charge in [0.25, 0.3) is 0 Å². The van der Waals surface area contributed by atoms with Gasteiger partial charge in [-0.15, -0.1) is 0 Å². The van der Waals surface area contributed by atoms with E-state index in [1.54, 1.807) is 0 Å². The fraction of sp³-hybridized carbons (Fsp3) is 0.875. The first-order valence-electron chi connectivity index (χ1n) is 7.67. The molecule has 0 atom stereocenters. The molecule has 0 aliphatic rings. The Morgan fingerprint density at radius 3 is 1.65 bits per heavy atom. The minimum atomic E-state index is 0.364. The summed E-state index contributed by atoms with van der Waals surface area (Å²) < 4.78 is 0. The average molecular weight is 240 g/mol. The molecule has 0 aliphatic heterocycles. The molecule has 0 saturated carbocycles. The van der Waals surface area contributed by atoms with Crippen molar-refractivity contribution < 1.29 is 5.11 Å². The molecule has 0 rings (SSSR count). The second-order valence-corrected chi connectivity index (χ2v) is 4.95. The summed E-state index contributed by atoms with van der Waals surface area (Å²) in [6, 6.07) is 0. The third-order valence-electron chi connectivity index (χ3n) is 3.17. The van der Waals surface area contributed by atoms with Crippen LogP contribution in [0.1, 0.15) is 84.0 Å². The number of aliphatic hydroxyl groups excluding tert-OH is 1. The smallest absolute Gasteiger partial charge is 0.0431 e. The highest BCUT2D eigenvalue weighted by atomic mass is 16.2. The lowest BCUT2D eigenvalue weighted by Gasteiger charge is -1.99. The monoisotopic (exact) mass is 240 g/mol. The summed E-state index contributed by atoms with van der Waals surface area (Å²) in [7, 11) is 0. The van der Waals surface area contributed by atoms with Gasteiger partial charge in [-0.3, -0.25) is 0 Å². The molecule has 0 bridgehead atoms. The molecule has 0 heterocycles. The van der Waals surface area contributed by atoms with Crippen molar-refractivity contribution in [2.24, 2.45) is 0 Å². The molecule has 0 fully saturated rings. The van der Waals surface area contributed by atoms with E-state index in [0.717, 1.165) is 6.42 Å². The summed E-state index contributed by atoms with van der Waals surface area (Å²) in [4.78, 5) is 0. The van der Waals surface area contributed by atoms with Gasteiger partial charge >= 0.3 is 0 Å². The highest BCUT2D eigenvalue weighted by Gasteiger charge is 1.90. The van der Waals surface area contributed by atoms with Gasteiger partial charge in [0.15, 0.2) is 0 Å². The molecule has 0 unspecified atom stereocenters. The minimum Gasteiger partial charge on any atom is -0.396 e. The van der Waals surface area contributed by atoms with Gasteiger partial charge in [-0.2, -0.15) is 0 Å². The van der Waals surface area contributed by atoms with Crippen LogP contribution in [0, 0.1) is 0 Å². The largest absolute Gasteiger partial charge is 0.396 e. The van der Waals surface area contributed by atoms with Crippen LogP contribution in [0.5, 0.6) is 0 Å². The first-order valence-corrected chi connectivity index (χ1v) is 7.67. The van der Waals surface area contributed by atoms with Gasteiger partial charge < -0.3 is 5.11 Å². The summed E-state index contributed by atoms with van der Waals surface area (Å²) in [6.45, 7) is 2.62. The number of hydrogen-bond acceptors (Lipinski definition) is 1. The third-order valence-corrected chi connectivity index (χ3v) is 3.17. The fourth-order valence-electron chi connectivity index (χ4n) is 2.01. The Balaban J connectivity index is 2.97. The zero-order chi connectivity index (χ0) is 12.6. The quantitative estimate of drug-likeness (QED) is 0.345. The summed E-state index contributed by atoms with van der Waals surface area (Å²) >= 11 is 0. The predicted molar refractivity (Wildman–Crippen MR) is 77.3 cm³/mol. The zero-order valence-corrected chi connectivity index (χ0v) is 11.8. The van der Waals surface area contributed by atoms with E-state index in [1.807, 2.05) is 0 Å². The molecule has 1 N–H and O–H groups in total. The second kappa shape index (κ2) is 15.7. The van der Waals surface area contributed by atoms with Crippen LogP contribution >= 0.6 is 0 Å². The standard InChI is InChI=1S/C16H32O/c1-2-3-4-5-6-7-8-9-10-11-12-13-14-15-16-17/h6-7,17H,2-5,8-16H2,1H3. The topological polar surface area (TPSA) is 20.2 Å². The Morgan fingerprint density at radius 1 is 0.647 bits per heavy atom. The molecule has 0 aromatic rings. The Labute approximate surface area is 108 Å². The van der Waals surface area contributed by atoms with Crippen LogP contribution in [-0.2, 0) is 0 Å². The molecule has 0 aliphatic carbocycles. The molecule has 0 radical (unpaired) electrons. The van der Waals surface area contributed by atoms with Crippen LogP contribution < -0.4 is 0 Å². The highest BCUT2D eigenvalue weighted by molar-refractivity contribution is 4.81. The summed E-state index contributed by atoms with van der Waals surface area (Å²) in [5, 5.41) is 8.64. The van der Waals surface area contributed by atoms with Crippen molar-refractivity contribution in [3.63, 3.8) is 0 Å². The first-order chi connectivity index (χ1) is 8.41. The second-order valence-electron chi connectivity index (χ2n) is 4.95. The number of aliphatic hydroxyl groups is 1. The summed E-state index contributed by atoms with van der Waals surface area (Å²) in [5.41, 5.74) is 0. The van der Waals surface area contributed by atoms with Crippen LogP contribution in [0.3, 0.4) is 0 Å². The van der Waals surface area contributed by atoms with Gasteiger partial charge in [0.2, 0.25) is 0 Å². The maximum Gasteiger partial charge on any atom is 0.0431 e. The molecular formula is C16H32O. The minimum absolute atomic E-state index is 0.364. The van der Waals surface area contributed by atoms with Crippen LogP contribution in [0.2, 0.25) is 0 Å². The summed E-state index contributed by atoms with van der Waals surface area (Å²) in [5.74, 6) is 0. The fourth-order valence-corrected chi connectivity index (χ4v) is 2.01. The van der Waals surface area contributed by atoms with E-state index in [1.165, 1.54) is 70.6 Å². The van der Waals surface area contributed by atoms with Gasteiger partial charge in [0.1, 0.15) is 0 Å². The molecule has 0 aromatic heterocycles. The van der Waals surface area contributed by atoms with Gasteiger partial charge in [0.05, 0.1) is 0 Å². The van der Waals surface area contributed by atoms with Crippen molar-refractivity contribution in [3.8, 4) is 0 Å². The number of allylic oxidation sites excluding steroid dienone is 2. The number of unbranched alkanes of at least 4 members (excludes halogenated alkanes) is 10. The van der Waals surface area contributed by atoms with Crippen molar-refractivity contribution in [3.05, 3.63) is 12.2 Å². The molecule has 0 aromatic carbocycles. The van der Waals surface area contributed by atoms with Crippen LogP contribution in [0.25, 0.3) is 0 Å². The molecule has 102 valence electrons. The van der Waals surface area contributed by atoms with Crippen LogP contribution in [0.4, 0.5) is 0 Å². The predicted octanol–water partition coefficient (Wildman–Crippen LogP) is 5.24. The number of hydrogen-bond donors (Lipinski definition) is 1. The molecule has 1 nitrogen and oxygen atoms in total. The van der Waals surface area contributed by atoms with Crippen LogP contribution in [0.15, 0.2) is 12.2 Å². The van der Waals surface area contributed by atoms with Gasteiger partial charge in [-0.1, -0.05) is 64.0 Å². The van der Waals surface area contributed by atoms with Crippen LogP contribution in [-0.4, -0.2) is 11.7 Å². The Kier molecular flexibility index (Phi) is 15.4. The molecule has 1 heteroatoms. The molecule has 0 saturated heterocycles. The number of rotatable bonds is 13. The first kappa shape index (κ1) is 16.7. The molecule has 0 spiro atoms. The lowest BCUT2D eigenvalue weighted by molar-refractivity contribution is 0.282. The Hall–Kier alpha value is -0.300. The van der Waals surface area contributed by atoms with Crippen molar-refractivity contribution in [1.29, 1.82) is 0 Å². The van der Waals surface area contributed by atoms with Crippen molar-refractivity contribution in [2.45, 2.75) is 84.0 Å². The van der Waals surface area contributed by atoms with Crippen molar-refractivity contribution in [2.75, 3.05) is 6.61 Å². The van der Waals surface area contributed by atoms with E-state index < -0.39 is 0 Å². The van der Waals surface area contributed by atoms with Gasteiger partial charge in [-0.25, -0.2) is 0 Å². The molecule has 17 heavy (non-hydrogen) atoms. The third kappa shape index (κ3) is 15.7. The lowest BCUT2D eigenvalue weighted by Crippen LogP contribution is -1.83. The lowest BCUT2D eigenvalue weighted by atomic mass is 10.1. The Bertz CT molecular complexity index is 152. The van der Waals surface area contributed by atoms with E-state index in [-0.39, 0.29) is 0 Å². The maximum atomic E-state index is 8.64. The molecular weight excluding hydrogens is 208 g/mol. The van der Waals surface area contributed by atoms with Crippen molar-refractivity contribution >= 4 is 0 Å². The Morgan fingerprint density at radius 2 is 1.12 bits per heavy atom. The molecule has 0 amide bonds. The van der Waals surface area contributed by atoms with E-state index in [2.05, 4.69) is 19.1 Å². The van der Waals surface area contributed by atoms with Gasteiger partial charge in [-0.05, 0) is 32.1 Å². The highest BCUT2D eigenvalue weighted by Crippen LogP contribution is 2.09. The summed E-state index contributed by atoms with van der Waals surface area (Å²) in [6.07, 6.45) is 20.2. The van der Waals surface area contributed by atoms with E-state index in [4.69, 9.17) is 5.11 Å². The average Bonchev–Trinajstić information content (AvgIpc) is 2.35. The SMILES string of the molecule is CCCCCC=CCCCCCCCCCO. The normalized spacial score (nSPS) is 11.4. The maximum absolute atomic E-state index is 8.64. The van der Waals surface area contributed by atoms with Gasteiger partial charge in [0, 0.05) is 6.61 Å². The van der Waals surface area contributed by atoms with E-state index >= 15 is 0 Å². The van der Waals surface area contributed by atoms with E-state index in [0.29, 0.717) is 6.61 Å².